The van der Waals surface area contributed by atoms with Crippen molar-refractivity contribution in [2.24, 2.45) is 5.92 Å². The van der Waals surface area contributed by atoms with E-state index in [-0.39, 0.29) is 0 Å². The Bertz CT molecular complexity index is 523. The van der Waals surface area contributed by atoms with Gasteiger partial charge in [0.2, 0.25) is 0 Å². The average Bonchev–Trinajstić information content (AvgIpc) is 2.79. The lowest BCUT2D eigenvalue weighted by atomic mass is 10.0. The zero-order valence-corrected chi connectivity index (χ0v) is 12.4. The largest absolute Gasteiger partial charge is 0.382 e. The van der Waals surface area contributed by atoms with E-state index in [0.717, 1.165) is 22.5 Å². The summed E-state index contributed by atoms with van der Waals surface area (Å²) in [6, 6.07) is 4.31. The SMILES string of the molecule is CCC(C)C(C)Nc1snc(N)c1-c1ccncc1. The Balaban J connectivity index is 2.28. The number of hydrogen-bond donors (Lipinski definition) is 2. The average molecular weight is 276 g/mol. The number of hydrogen-bond acceptors (Lipinski definition) is 5. The summed E-state index contributed by atoms with van der Waals surface area (Å²) in [6.45, 7) is 6.64. The highest BCUT2D eigenvalue weighted by atomic mass is 32.1. The molecule has 0 aliphatic rings. The van der Waals surface area contributed by atoms with Gasteiger partial charge < -0.3 is 11.1 Å². The molecule has 19 heavy (non-hydrogen) atoms. The lowest BCUT2D eigenvalue weighted by Gasteiger charge is -2.20. The van der Waals surface area contributed by atoms with Crippen molar-refractivity contribution < 1.29 is 0 Å². The Morgan fingerprint density at radius 2 is 2.00 bits per heavy atom. The van der Waals surface area contributed by atoms with Crippen molar-refractivity contribution in [3.63, 3.8) is 0 Å². The van der Waals surface area contributed by atoms with Crippen LogP contribution >= 0.6 is 11.5 Å². The molecule has 2 atom stereocenters. The van der Waals surface area contributed by atoms with E-state index >= 15 is 0 Å². The van der Waals surface area contributed by atoms with Crippen LogP contribution in [0.25, 0.3) is 11.1 Å². The zero-order chi connectivity index (χ0) is 13.8. The molecule has 102 valence electrons. The predicted molar refractivity (Wildman–Crippen MR) is 82.3 cm³/mol. The molecule has 2 unspecified atom stereocenters. The molecule has 0 spiro atoms. The predicted octanol–water partition coefficient (Wildman–Crippen LogP) is 3.63. The van der Waals surface area contributed by atoms with Crippen LogP contribution < -0.4 is 11.1 Å². The topological polar surface area (TPSA) is 63.8 Å². The van der Waals surface area contributed by atoms with Crippen LogP contribution in [0.4, 0.5) is 10.8 Å². The Labute approximate surface area is 118 Å². The molecule has 0 saturated carbocycles. The number of pyridine rings is 1. The van der Waals surface area contributed by atoms with Crippen LogP contribution in [0.5, 0.6) is 0 Å². The van der Waals surface area contributed by atoms with E-state index in [1.807, 2.05) is 12.1 Å². The van der Waals surface area contributed by atoms with E-state index < -0.39 is 0 Å². The third-order valence-electron chi connectivity index (χ3n) is 3.54. The van der Waals surface area contributed by atoms with Gasteiger partial charge in [-0.05, 0) is 42.1 Å². The number of nitrogens with two attached hydrogens (primary N) is 1. The molecule has 0 aliphatic carbocycles. The van der Waals surface area contributed by atoms with E-state index in [2.05, 4.69) is 35.4 Å². The second-order valence-corrected chi connectivity index (χ2v) is 5.60. The summed E-state index contributed by atoms with van der Waals surface area (Å²) in [6.07, 6.45) is 4.69. The molecule has 3 N–H and O–H groups in total. The Hall–Kier alpha value is -1.62. The van der Waals surface area contributed by atoms with E-state index in [4.69, 9.17) is 5.73 Å². The fourth-order valence-corrected chi connectivity index (χ4v) is 2.73. The Kier molecular flexibility index (Phi) is 4.37. The normalized spacial score (nSPS) is 14.1. The maximum atomic E-state index is 6.00. The molecule has 0 amide bonds. The summed E-state index contributed by atoms with van der Waals surface area (Å²) in [5.41, 5.74) is 8.04. The number of nitrogens with one attached hydrogen (secondary N) is 1. The van der Waals surface area contributed by atoms with Gasteiger partial charge >= 0.3 is 0 Å². The van der Waals surface area contributed by atoms with Crippen LogP contribution in [0.3, 0.4) is 0 Å². The minimum absolute atomic E-state index is 0.394. The molecule has 0 fully saturated rings. The van der Waals surface area contributed by atoms with Crippen LogP contribution in [-0.4, -0.2) is 15.4 Å². The number of aromatic nitrogens is 2. The molecule has 2 rings (SSSR count). The van der Waals surface area contributed by atoms with Gasteiger partial charge in [0.1, 0.15) is 10.8 Å². The smallest absolute Gasteiger partial charge is 0.147 e. The van der Waals surface area contributed by atoms with Gasteiger partial charge in [-0.25, -0.2) is 0 Å². The van der Waals surface area contributed by atoms with E-state index in [9.17, 15) is 0 Å². The standard InChI is InChI=1S/C14H20N4S/c1-4-9(2)10(3)17-14-12(13(15)18-19-14)11-5-7-16-8-6-11/h5-10,17H,4H2,1-3H3,(H2,15,18). The first-order valence-electron chi connectivity index (χ1n) is 6.55. The molecule has 2 aromatic heterocycles. The van der Waals surface area contributed by atoms with Crippen molar-refractivity contribution in [2.45, 2.75) is 33.2 Å². The molecule has 4 nitrogen and oxygen atoms in total. The number of nitrogen functional groups attached to an aromatic ring is 1. The molecular weight excluding hydrogens is 256 g/mol. The first-order chi connectivity index (χ1) is 9.13. The third kappa shape index (κ3) is 3.04. The minimum atomic E-state index is 0.394. The Morgan fingerprint density at radius 1 is 1.32 bits per heavy atom. The van der Waals surface area contributed by atoms with Gasteiger partial charge in [-0.15, -0.1) is 0 Å². The summed E-state index contributed by atoms with van der Waals surface area (Å²) >= 11 is 1.42. The summed E-state index contributed by atoms with van der Waals surface area (Å²) in [5, 5.41) is 4.57. The fraction of sp³-hybridized carbons (Fsp3) is 0.429. The van der Waals surface area contributed by atoms with E-state index in [1.54, 1.807) is 12.4 Å². The molecule has 0 saturated heterocycles. The van der Waals surface area contributed by atoms with Gasteiger partial charge in [-0.2, -0.15) is 4.37 Å². The second-order valence-electron chi connectivity index (χ2n) is 4.83. The van der Waals surface area contributed by atoms with Gasteiger partial charge in [0.15, 0.2) is 0 Å². The maximum Gasteiger partial charge on any atom is 0.147 e. The van der Waals surface area contributed by atoms with Crippen molar-refractivity contribution in [1.82, 2.24) is 9.36 Å². The van der Waals surface area contributed by atoms with Crippen molar-refractivity contribution >= 4 is 22.4 Å². The summed E-state index contributed by atoms with van der Waals surface area (Å²) in [5.74, 6) is 1.18. The maximum absolute atomic E-state index is 6.00. The lowest BCUT2D eigenvalue weighted by molar-refractivity contribution is 0.495. The highest BCUT2D eigenvalue weighted by Crippen LogP contribution is 2.37. The quantitative estimate of drug-likeness (QED) is 0.875. The lowest BCUT2D eigenvalue weighted by Crippen LogP contribution is -2.22. The van der Waals surface area contributed by atoms with E-state index in [1.165, 1.54) is 11.5 Å². The molecule has 0 radical (unpaired) electrons. The van der Waals surface area contributed by atoms with Crippen molar-refractivity contribution in [1.29, 1.82) is 0 Å². The number of nitrogens with zero attached hydrogens (tertiary/aromatic N) is 2. The monoisotopic (exact) mass is 276 g/mol. The second kappa shape index (κ2) is 6.02. The summed E-state index contributed by atoms with van der Waals surface area (Å²) in [7, 11) is 0. The molecule has 0 aromatic carbocycles. The van der Waals surface area contributed by atoms with Crippen LogP contribution in [0.15, 0.2) is 24.5 Å². The minimum Gasteiger partial charge on any atom is -0.382 e. The van der Waals surface area contributed by atoms with Crippen LogP contribution in [0, 0.1) is 5.92 Å². The van der Waals surface area contributed by atoms with Gasteiger partial charge in [-0.1, -0.05) is 20.3 Å². The summed E-state index contributed by atoms with van der Waals surface area (Å²) < 4.78 is 4.27. The summed E-state index contributed by atoms with van der Waals surface area (Å²) in [4.78, 5) is 4.04. The first kappa shape index (κ1) is 13.8. The van der Waals surface area contributed by atoms with Crippen molar-refractivity contribution in [2.75, 3.05) is 11.1 Å². The van der Waals surface area contributed by atoms with Gasteiger partial charge in [0.05, 0.1) is 5.56 Å². The molecule has 2 heterocycles. The molecule has 2 aromatic rings. The van der Waals surface area contributed by atoms with Crippen LogP contribution in [0.1, 0.15) is 27.2 Å². The van der Waals surface area contributed by atoms with Gasteiger partial charge in [-0.3, -0.25) is 4.98 Å². The van der Waals surface area contributed by atoms with Crippen molar-refractivity contribution in [3.05, 3.63) is 24.5 Å². The third-order valence-corrected chi connectivity index (χ3v) is 4.34. The zero-order valence-electron chi connectivity index (χ0n) is 11.6. The molecule has 0 bridgehead atoms. The fourth-order valence-electron chi connectivity index (χ4n) is 1.90. The number of rotatable bonds is 5. The molecule has 0 aliphatic heterocycles. The Morgan fingerprint density at radius 3 is 2.63 bits per heavy atom. The van der Waals surface area contributed by atoms with Gasteiger partial charge in [0, 0.05) is 18.4 Å². The highest BCUT2D eigenvalue weighted by molar-refractivity contribution is 7.11. The van der Waals surface area contributed by atoms with E-state index in [0.29, 0.717) is 17.8 Å². The highest BCUT2D eigenvalue weighted by Gasteiger charge is 2.17. The molecular formula is C14H20N4S. The number of anilines is 2. The van der Waals surface area contributed by atoms with Crippen molar-refractivity contribution in [3.8, 4) is 11.1 Å². The van der Waals surface area contributed by atoms with Crippen LogP contribution in [-0.2, 0) is 0 Å². The molecule has 5 heteroatoms. The van der Waals surface area contributed by atoms with Crippen LogP contribution in [0.2, 0.25) is 0 Å². The van der Waals surface area contributed by atoms with Gasteiger partial charge in [0.25, 0.3) is 0 Å². The first-order valence-corrected chi connectivity index (χ1v) is 7.32.